The van der Waals surface area contributed by atoms with Gasteiger partial charge in [-0.1, -0.05) is 24.8 Å². The largest absolute Gasteiger partial charge is 0.386 e. The second-order valence-corrected chi connectivity index (χ2v) is 2.25. The van der Waals surface area contributed by atoms with Crippen LogP contribution in [0.4, 0.5) is 0 Å². The van der Waals surface area contributed by atoms with E-state index in [9.17, 15) is 0 Å². The van der Waals surface area contributed by atoms with Gasteiger partial charge in [-0.15, -0.1) is 0 Å². The van der Waals surface area contributed by atoms with Crippen molar-refractivity contribution in [3.05, 3.63) is 24.8 Å². The SMILES string of the molecule is C=C/C=C/C(C)(C)O. The molecule has 0 aromatic rings. The van der Waals surface area contributed by atoms with Crippen molar-refractivity contribution in [2.24, 2.45) is 0 Å². The molecule has 0 fully saturated rings. The van der Waals surface area contributed by atoms with Crippen LogP contribution in [0.2, 0.25) is 0 Å². The van der Waals surface area contributed by atoms with E-state index in [1.54, 1.807) is 32.1 Å². The van der Waals surface area contributed by atoms with Crippen LogP contribution in [0.25, 0.3) is 0 Å². The van der Waals surface area contributed by atoms with Gasteiger partial charge in [0.25, 0.3) is 0 Å². The normalized spacial score (nSPS) is 12.4. The Morgan fingerprint density at radius 1 is 1.50 bits per heavy atom. The molecule has 0 aliphatic rings. The van der Waals surface area contributed by atoms with Crippen molar-refractivity contribution in [3.63, 3.8) is 0 Å². The van der Waals surface area contributed by atoms with Gasteiger partial charge < -0.3 is 5.11 Å². The van der Waals surface area contributed by atoms with Crippen LogP contribution in [0.1, 0.15) is 13.8 Å². The molecular formula is C7H12O. The fraction of sp³-hybridized carbons (Fsp3) is 0.429. The molecule has 0 rings (SSSR count). The van der Waals surface area contributed by atoms with Crippen LogP contribution in [-0.4, -0.2) is 10.7 Å². The highest BCUT2D eigenvalue weighted by Crippen LogP contribution is 2.01. The molecule has 0 atom stereocenters. The van der Waals surface area contributed by atoms with Gasteiger partial charge in [-0.05, 0) is 13.8 Å². The third-order valence-corrected chi connectivity index (χ3v) is 0.640. The molecular weight excluding hydrogens is 100 g/mol. The third-order valence-electron chi connectivity index (χ3n) is 0.640. The molecule has 0 unspecified atom stereocenters. The zero-order valence-electron chi connectivity index (χ0n) is 5.39. The van der Waals surface area contributed by atoms with Crippen LogP contribution in [0.3, 0.4) is 0 Å². The molecule has 0 saturated carbocycles. The Labute approximate surface area is 50.3 Å². The van der Waals surface area contributed by atoms with E-state index >= 15 is 0 Å². The van der Waals surface area contributed by atoms with Gasteiger partial charge in [0.1, 0.15) is 0 Å². The van der Waals surface area contributed by atoms with Crippen molar-refractivity contribution in [1.82, 2.24) is 0 Å². The maximum absolute atomic E-state index is 9.01. The molecule has 0 amide bonds. The molecule has 0 heterocycles. The lowest BCUT2D eigenvalue weighted by molar-refractivity contribution is 0.133. The molecule has 0 aliphatic carbocycles. The first-order chi connectivity index (χ1) is 3.56. The first-order valence-corrected chi connectivity index (χ1v) is 2.59. The molecule has 0 aliphatic heterocycles. The number of rotatable bonds is 2. The van der Waals surface area contributed by atoms with Crippen LogP contribution in [0.5, 0.6) is 0 Å². The summed E-state index contributed by atoms with van der Waals surface area (Å²) in [5.74, 6) is 0. The molecule has 0 bridgehead atoms. The van der Waals surface area contributed by atoms with Crippen LogP contribution >= 0.6 is 0 Å². The maximum Gasteiger partial charge on any atom is 0.0774 e. The molecule has 0 radical (unpaired) electrons. The number of aliphatic hydroxyl groups is 1. The standard InChI is InChI=1S/C7H12O/c1-4-5-6-7(2,3)8/h4-6,8H,1H2,2-3H3/b6-5+. The summed E-state index contributed by atoms with van der Waals surface area (Å²) in [6.45, 7) is 6.90. The van der Waals surface area contributed by atoms with Gasteiger partial charge in [-0.3, -0.25) is 0 Å². The smallest absolute Gasteiger partial charge is 0.0774 e. The Morgan fingerprint density at radius 3 is 2.12 bits per heavy atom. The van der Waals surface area contributed by atoms with E-state index in [4.69, 9.17) is 5.11 Å². The predicted molar refractivity (Wildman–Crippen MR) is 35.6 cm³/mol. The van der Waals surface area contributed by atoms with Crippen LogP contribution < -0.4 is 0 Å². The molecule has 0 aromatic heterocycles. The van der Waals surface area contributed by atoms with Gasteiger partial charge in [0.15, 0.2) is 0 Å². The summed E-state index contributed by atoms with van der Waals surface area (Å²) in [5, 5.41) is 9.01. The summed E-state index contributed by atoms with van der Waals surface area (Å²) >= 11 is 0. The van der Waals surface area contributed by atoms with E-state index in [1.165, 1.54) is 0 Å². The number of hydrogen-bond donors (Lipinski definition) is 1. The number of allylic oxidation sites excluding steroid dienone is 2. The first-order valence-electron chi connectivity index (χ1n) is 2.59. The van der Waals surface area contributed by atoms with E-state index in [0.29, 0.717) is 0 Å². The van der Waals surface area contributed by atoms with Gasteiger partial charge in [-0.2, -0.15) is 0 Å². The fourth-order valence-corrected chi connectivity index (χ4v) is 0.304. The Bertz CT molecular complexity index is 95.4. The van der Waals surface area contributed by atoms with E-state index < -0.39 is 5.60 Å². The van der Waals surface area contributed by atoms with Crippen LogP contribution in [0.15, 0.2) is 24.8 Å². The van der Waals surface area contributed by atoms with E-state index in [2.05, 4.69) is 6.58 Å². The minimum absolute atomic E-state index is 0.700. The van der Waals surface area contributed by atoms with Crippen molar-refractivity contribution >= 4 is 0 Å². The molecule has 1 N–H and O–H groups in total. The molecule has 0 aromatic carbocycles. The van der Waals surface area contributed by atoms with Gasteiger partial charge in [0.05, 0.1) is 5.60 Å². The highest BCUT2D eigenvalue weighted by molar-refractivity contribution is 5.04. The van der Waals surface area contributed by atoms with Crippen molar-refractivity contribution < 1.29 is 5.11 Å². The van der Waals surface area contributed by atoms with E-state index in [-0.39, 0.29) is 0 Å². The van der Waals surface area contributed by atoms with Crippen LogP contribution in [0, 0.1) is 0 Å². The third kappa shape index (κ3) is 5.44. The number of hydrogen-bond acceptors (Lipinski definition) is 1. The van der Waals surface area contributed by atoms with E-state index in [1.807, 2.05) is 0 Å². The second-order valence-electron chi connectivity index (χ2n) is 2.25. The Morgan fingerprint density at radius 2 is 2.00 bits per heavy atom. The van der Waals surface area contributed by atoms with Crippen LogP contribution in [-0.2, 0) is 0 Å². The Balaban J connectivity index is 3.69. The first kappa shape index (κ1) is 7.44. The Kier molecular flexibility index (Phi) is 2.49. The molecule has 8 heavy (non-hydrogen) atoms. The van der Waals surface area contributed by atoms with Crippen molar-refractivity contribution in [2.45, 2.75) is 19.4 Å². The highest BCUT2D eigenvalue weighted by atomic mass is 16.3. The summed E-state index contributed by atoms with van der Waals surface area (Å²) < 4.78 is 0. The monoisotopic (exact) mass is 112 g/mol. The van der Waals surface area contributed by atoms with E-state index in [0.717, 1.165) is 0 Å². The molecule has 1 heteroatoms. The lowest BCUT2D eigenvalue weighted by atomic mass is 10.1. The zero-order chi connectivity index (χ0) is 6.62. The van der Waals surface area contributed by atoms with Gasteiger partial charge >= 0.3 is 0 Å². The van der Waals surface area contributed by atoms with Gasteiger partial charge in [-0.25, -0.2) is 0 Å². The zero-order valence-corrected chi connectivity index (χ0v) is 5.39. The topological polar surface area (TPSA) is 20.2 Å². The summed E-state index contributed by atoms with van der Waals surface area (Å²) in [4.78, 5) is 0. The fourth-order valence-electron chi connectivity index (χ4n) is 0.304. The summed E-state index contributed by atoms with van der Waals surface area (Å²) in [6.07, 6.45) is 5.04. The minimum Gasteiger partial charge on any atom is -0.386 e. The van der Waals surface area contributed by atoms with Crippen molar-refractivity contribution in [2.75, 3.05) is 0 Å². The molecule has 0 spiro atoms. The molecule has 0 saturated heterocycles. The van der Waals surface area contributed by atoms with Gasteiger partial charge in [0, 0.05) is 0 Å². The summed E-state index contributed by atoms with van der Waals surface area (Å²) in [7, 11) is 0. The maximum atomic E-state index is 9.01. The Hall–Kier alpha value is -0.560. The highest BCUT2D eigenvalue weighted by Gasteiger charge is 2.03. The lowest BCUT2D eigenvalue weighted by Crippen LogP contribution is -2.13. The lowest BCUT2D eigenvalue weighted by Gasteiger charge is -2.08. The summed E-state index contributed by atoms with van der Waals surface area (Å²) in [6, 6.07) is 0. The molecule has 1 nitrogen and oxygen atoms in total. The predicted octanol–water partition coefficient (Wildman–Crippen LogP) is 1.50. The molecule has 46 valence electrons. The quantitative estimate of drug-likeness (QED) is 0.537. The second kappa shape index (κ2) is 2.68. The minimum atomic E-state index is -0.700. The average Bonchev–Trinajstić information content (AvgIpc) is 1.59. The van der Waals surface area contributed by atoms with Gasteiger partial charge in [0.2, 0.25) is 0 Å². The van der Waals surface area contributed by atoms with Crippen molar-refractivity contribution in [3.8, 4) is 0 Å². The average molecular weight is 112 g/mol. The van der Waals surface area contributed by atoms with Crippen molar-refractivity contribution in [1.29, 1.82) is 0 Å². The summed E-state index contributed by atoms with van der Waals surface area (Å²) in [5.41, 5.74) is -0.700.